The Morgan fingerprint density at radius 2 is 1.78 bits per heavy atom. The lowest BCUT2D eigenvalue weighted by molar-refractivity contribution is -0.932. The molecule has 1 heterocycles. The van der Waals surface area contributed by atoms with Crippen molar-refractivity contribution in [3.8, 4) is 0 Å². The van der Waals surface area contributed by atoms with Crippen molar-refractivity contribution >= 4 is 11.9 Å². The number of nitrogens with two attached hydrogens (primary N) is 1. The van der Waals surface area contributed by atoms with Gasteiger partial charge in [-0.1, -0.05) is 43.2 Å². The fraction of sp³-hybridized carbons (Fsp3) is 0.556. The van der Waals surface area contributed by atoms with Gasteiger partial charge >= 0.3 is 6.03 Å². The molecule has 3 rings (SSSR count). The number of benzene rings is 1. The molecular formula is C18H26N3O2+. The average Bonchev–Trinajstić information content (AvgIpc) is 2.55. The molecule has 1 aromatic rings. The summed E-state index contributed by atoms with van der Waals surface area (Å²) in [5.41, 5.74) is 6.12. The zero-order chi connectivity index (χ0) is 16.2. The molecular weight excluding hydrogens is 290 g/mol. The van der Waals surface area contributed by atoms with Crippen molar-refractivity contribution in [3.05, 3.63) is 35.9 Å². The molecule has 5 nitrogen and oxygen atoms in total. The van der Waals surface area contributed by atoms with Crippen LogP contribution in [0.25, 0.3) is 0 Å². The second kappa shape index (κ2) is 7.13. The van der Waals surface area contributed by atoms with Gasteiger partial charge in [-0.15, -0.1) is 0 Å². The summed E-state index contributed by atoms with van der Waals surface area (Å²) in [5, 5.41) is 2.29. The number of fused-ring (bicyclic) bond motifs is 1. The van der Waals surface area contributed by atoms with E-state index in [1.165, 1.54) is 37.0 Å². The number of nitrogens with one attached hydrogen (secondary N) is 2. The maximum absolute atomic E-state index is 12.6. The summed E-state index contributed by atoms with van der Waals surface area (Å²) in [5.74, 6) is 1.25. The average molecular weight is 316 g/mol. The summed E-state index contributed by atoms with van der Waals surface area (Å²) < 4.78 is 0. The first kappa shape index (κ1) is 16.0. The van der Waals surface area contributed by atoms with Gasteiger partial charge in [0.05, 0.1) is 13.1 Å². The maximum atomic E-state index is 12.6. The van der Waals surface area contributed by atoms with Crippen molar-refractivity contribution in [1.29, 1.82) is 0 Å². The molecule has 1 saturated heterocycles. The van der Waals surface area contributed by atoms with E-state index in [4.69, 9.17) is 5.73 Å². The molecule has 2 aliphatic rings. The summed E-state index contributed by atoms with van der Waals surface area (Å²) in [6.07, 6.45) is 6.43. The molecule has 4 atom stereocenters. The van der Waals surface area contributed by atoms with Gasteiger partial charge < -0.3 is 10.6 Å². The molecule has 1 aromatic carbocycles. The van der Waals surface area contributed by atoms with Crippen molar-refractivity contribution in [3.63, 3.8) is 0 Å². The lowest BCUT2D eigenvalue weighted by Gasteiger charge is -2.41. The molecule has 23 heavy (non-hydrogen) atoms. The van der Waals surface area contributed by atoms with E-state index in [0.29, 0.717) is 5.92 Å². The molecule has 3 amide bonds. The van der Waals surface area contributed by atoms with Crippen LogP contribution in [0, 0.1) is 11.8 Å². The number of hydrogen-bond donors (Lipinski definition) is 3. The van der Waals surface area contributed by atoms with E-state index in [2.05, 4.69) is 5.32 Å². The van der Waals surface area contributed by atoms with Crippen LogP contribution in [0.4, 0.5) is 4.79 Å². The second-order valence-electron chi connectivity index (χ2n) is 6.90. The Kier molecular flexibility index (Phi) is 4.96. The molecule has 2 fully saturated rings. The van der Waals surface area contributed by atoms with Gasteiger partial charge in [0.2, 0.25) is 0 Å². The van der Waals surface area contributed by atoms with Crippen molar-refractivity contribution in [2.75, 3.05) is 13.1 Å². The first-order chi connectivity index (χ1) is 11.1. The smallest absolute Gasteiger partial charge is 0.319 e. The van der Waals surface area contributed by atoms with Gasteiger partial charge in [0.1, 0.15) is 0 Å². The highest BCUT2D eigenvalue weighted by Gasteiger charge is 2.40. The van der Waals surface area contributed by atoms with E-state index in [1.54, 1.807) is 0 Å². The SMILES string of the molecule is NC(=O)NC(=O)[C@@H](c1ccccc1)[NH+]1CC[C@@H]2CCCC[C@@H]2C1. The minimum absolute atomic E-state index is 0.284. The molecule has 0 bridgehead atoms. The van der Waals surface area contributed by atoms with E-state index in [-0.39, 0.29) is 11.9 Å². The zero-order valence-corrected chi connectivity index (χ0v) is 13.5. The molecule has 1 aliphatic carbocycles. The van der Waals surface area contributed by atoms with Crippen LogP contribution in [0.3, 0.4) is 0 Å². The van der Waals surface area contributed by atoms with Gasteiger partial charge in [-0.25, -0.2) is 4.79 Å². The predicted octanol–water partition coefficient (Wildman–Crippen LogP) is 1.02. The van der Waals surface area contributed by atoms with Gasteiger partial charge in [0.25, 0.3) is 5.91 Å². The monoisotopic (exact) mass is 316 g/mol. The highest BCUT2D eigenvalue weighted by atomic mass is 16.2. The summed E-state index contributed by atoms with van der Waals surface area (Å²) in [7, 11) is 0. The van der Waals surface area contributed by atoms with E-state index >= 15 is 0 Å². The van der Waals surface area contributed by atoms with E-state index in [0.717, 1.165) is 24.6 Å². The maximum Gasteiger partial charge on any atom is 0.319 e. The number of imide groups is 1. The van der Waals surface area contributed by atoms with Gasteiger partial charge in [-0.05, 0) is 25.2 Å². The third-order valence-corrected chi connectivity index (χ3v) is 5.48. The zero-order valence-electron chi connectivity index (χ0n) is 13.5. The Labute approximate surface area is 137 Å². The van der Waals surface area contributed by atoms with Crippen molar-refractivity contribution in [1.82, 2.24) is 5.32 Å². The fourth-order valence-electron chi connectivity index (χ4n) is 4.42. The summed E-state index contributed by atoms with van der Waals surface area (Å²) in [6.45, 7) is 1.99. The van der Waals surface area contributed by atoms with Crippen LogP contribution < -0.4 is 16.0 Å². The lowest BCUT2D eigenvalue weighted by Crippen LogP contribution is -3.15. The molecule has 1 unspecified atom stereocenters. The minimum atomic E-state index is -0.775. The van der Waals surface area contributed by atoms with Gasteiger partial charge in [0, 0.05) is 11.5 Å². The largest absolute Gasteiger partial charge is 0.351 e. The first-order valence-electron chi connectivity index (χ1n) is 8.65. The Balaban J connectivity index is 1.80. The molecule has 0 radical (unpaired) electrons. The third-order valence-electron chi connectivity index (χ3n) is 5.48. The molecule has 4 N–H and O–H groups in total. The van der Waals surface area contributed by atoms with Crippen LogP contribution in [-0.2, 0) is 4.79 Å². The normalized spacial score (nSPS) is 28.4. The lowest BCUT2D eigenvalue weighted by atomic mass is 9.74. The van der Waals surface area contributed by atoms with Gasteiger partial charge in [-0.2, -0.15) is 0 Å². The summed E-state index contributed by atoms with van der Waals surface area (Å²) in [6, 6.07) is 8.61. The van der Waals surface area contributed by atoms with E-state index < -0.39 is 6.03 Å². The van der Waals surface area contributed by atoms with Crippen LogP contribution in [0.5, 0.6) is 0 Å². The highest BCUT2D eigenvalue weighted by molar-refractivity contribution is 5.96. The quantitative estimate of drug-likeness (QED) is 0.778. The molecule has 5 heteroatoms. The molecule has 0 spiro atoms. The highest BCUT2D eigenvalue weighted by Crippen LogP contribution is 2.33. The number of urea groups is 1. The van der Waals surface area contributed by atoms with Crippen LogP contribution in [-0.4, -0.2) is 25.0 Å². The van der Waals surface area contributed by atoms with E-state index in [9.17, 15) is 9.59 Å². The number of quaternary nitrogens is 1. The van der Waals surface area contributed by atoms with Crippen LogP contribution in [0.1, 0.15) is 43.7 Å². The summed E-state index contributed by atoms with van der Waals surface area (Å²) in [4.78, 5) is 25.0. The predicted molar refractivity (Wildman–Crippen MR) is 87.7 cm³/mol. The van der Waals surface area contributed by atoms with Crippen molar-refractivity contribution in [2.24, 2.45) is 17.6 Å². The topological polar surface area (TPSA) is 76.6 Å². The van der Waals surface area contributed by atoms with E-state index in [1.807, 2.05) is 30.3 Å². The Morgan fingerprint density at radius 3 is 2.48 bits per heavy atom. The van der Waals surface area contributed by atoms with Crippen LogP contribution in [0.2, 0.25) is 0 Å². The Bertz CT molecular complexity index is 561. The number of amides is 3. The standard InChI is InChI=1S/C18H25N3O2/c19-18(23)20-17(22)16(14-7-2-1-3-8-14)21-11-10-13-6-4-5-9-15(13)12-21/h1-3,7-8,13,15-16H,4-6,9-12H2,(H3,19,20,22,23)/p+1/t13-,15+,16+/m0/s1. The molecule has 124 valence electrons. The van der Waals surface area contributed by atoms with Gasteiger partial charge in [0.15, 0.2) is 6.04 Å². The molecule has 1 aliphatic heterocycles. The van der Waals surface area contributed by atoms with Crippen LogP contribution >= 0.6 is 0 Å². The number of likely N-dealkylation sites (tertiary alicyclic amines) is 1. The summed E-state index contributed by atoms with van der Waals surface area (Å²) >= 11 is 0. The fourth-order valence-corrected chi connectivity index (χ4v) is 4.42. The first-order valence-corrected chi connectivity index (χ1v) is 8.65. The van der Waals surface area contributed by atoms with Crippen molar-refractivity contribution in [2.45, 2.75) is 38.1 Å². The molecule has 0 aromatic heterocycles. The number of carbonyl (C=O) groups is 2. The Morgan fingerprint density at radius 1 is 1.09 bits per heavy atom. The number of rotatable bonds is 3. The third kappa shape index (κ3) is 3.72. The number of primary amides is 1. The van der Waals surface area contributed by atoms with Crippen LogP contribution in [0.15, 0.2) is 30.3 Å². The van der Waals surface area contributed by atoms with Crippen molar-refractivity contribution < 1.29 is 14.5 Å². The second-order valence-corrected chi connectivity index (χ2v) is 6.90. The minimum Gasteiger partial charge on any atom is -0.351 e. The number of hydrogen-bond acceptors (Lipinski definition) is 2. The Hall–Kier alpha value is -1.88. The number of piperidine rings is 1. The number of carbonyl (C=O) groups excluding carboxylic acids is 2. The molecule has 1 saturated carbocycles. The van der Waals surface area contributed by atoms with Gasteiger partial charge in [-0.3, -0.25) is 10.1 Å².